The minimum atomic E-state index is 0.443. The molecule has 2 heteroatoms. The molecule has 1 aromatic carbocycles. The van der Waals surface area contributed by atoms with Gasteiger partial charge in [-0.1, -0.05) is 19.1 Å². The summed E-state index contributed by atoms with van der Waals surface area (Å²) in [6.07, 6.45) is 2.66. The molecule has 0 radical (unpaired) electrons. The molecule has 1 fully saturated rings. The molecular weight excluding hydrogens is 222 g/mol. The van der Waals surface area contributed by atoms with E-state index in [0.717, 1.165) is 23.6 Å². The van der Waals surface area contributed by atoms with E-state index in [1.165, 1.54) is 24.9 Å². The van der Waals surface area contributed by atoms with Gasteiger partial charge in [0, 0.05) is 12.6 Å². The van der Waals surface area contributed by atoms with Gasteiger partial charge in [-0.15, -0.1) is 0 Å². The monoisotopic (exact) mass is 247 g/mol. The van der Waals surface area contributed by atoms with Gasteiger partial charge in [0.05, 0.1) is 0 Å². The maximum absolute atomic E-state index is 9.82. The molecule has 18 heavy (non-hydrogen) atoms. The van der Waals surface area contributed by atoms with Crippen LogP contribution in [0.3, 0.4) is 0 Å². The van der Waals surface area contributed by atoms with E-state index in [-0.39, 0.29) is 0 Å². The van der Waals surface area contributed by atoms with E-state index in [1.54, 1.807) is 0 Å². The topological polar surface area (TPSA) is 23.5 Å². The molecule has 0 aromatic heterocycles. The van der Waals surface area contributed by atoms with Gasteiger partial charge in [-0.05, 0) is 62.8 Å². The van der Waals surface area contributed by atoms with Crippen LogP contribution >= 0.6 is 0 Å². The van der Waals surface area contributed by atoms with Gasteiger partial charge in [-0.2, -0.15) is 0 Å². The number of hydrogen-bond acceptors (Lipinski definition) is 2. The number of likely N-dealkylation sites (tertiary alicyclic amines) is 1. The third-order valence-electron chi connectivity index (χ3n) is 4.44. The summed E-state index contributed by atoms with van der Waals surface area (Å²) in [5, 5.41) is 9.82. The second-order valence-corrected chi connectivity index (χ2v) is 5.91. The highest BCUT2D eigenvalue weighted by Gasteiger charge is 2.24. The Balaban J connectivity index is 2.14. The lowest BCUT2D eigenvalue weighted by molar-refractivity contribution is 0.106. The van der Waals surface area contributed by atoms with Gasteiger partial charge in [0.25, 0.3) is 0 Å². The van der Waals surface area contributed by atoms with E-state index in [2.05, 4.69) is 30.9 Å². The molecule has 1 saturated heterocycles. The Morgan fingerprint density at radius 1 is 1.22 bits per heavy atom. The number of phenols is 1. The van der Waals surface area contributed by atoms with Crippen LogP contribution in [0.5, 0.6) is 5.75 Å². The summed E-state index contributed by atoms with van der Waals surface area (Å²) in [5.74, 6) is 1.23. The summed E-state index contributed by atoms with van der Waals surface area (Å²) in [5.41, 5.74) is 3.30. The fraction of sp³-hybridized carbons (Fsp3) is 0.625. The second-order valence-electron chi connectivity index (χ2n) is 5.91. The summed E-state index contributed by atoms with van der Waals surface area (Å²) in [6, 6.07) is 4.90. The number of phenolic OH excluding ortho intramolecular Hbond substituents is 1. The van der Waals surface area contributed by atoms with Crippen LogP contribution in [-0.2, 0) is 6.54 Å². The first kappa shape index (κ1) is 13.4. The van der Waals surface area contributed by atoms with Crippen molar-refractivity contribution in [2.45, 2.75) is 53.1 Å². The van der Waals surface area contributed by atoms with Gasteiger partial charge in [-0.3, -0.25) is 4.90 Å². The molecule has 1 heterocycles. The highest BCUT2D eigenvalue weighted by molar-refractivity contribution is 5.42. The molecule has 2 unspecified atom stereocenters. The van der Waals surface area contributed by atoms with E-state index >= 15 is 0 Å². The molecule has 2 rings (SSSR count). The predicted octanol–water partition coefficient (Wildman–Crippen LogP) is 3.63. The second kappa shape index (κ2) is 5.31. The summed E-state index contributed by atoms with van der Waals surface area (Å²) in [6.45, 7) is 10.9. The quantitative estimate of drug-likeness (QED) is 0.862. The van der Waals surface area contributed by atoms with Crippen LogP contribution in [0.15, 0.2) is 12.1 Å². The standard InChI is InChI=1S/C16H25NO/c1-11-6-5-7-17(14(11)4)10-15-8-12(2)16(18)13(3)9-15/h8-9,11,14,18H,5-7,10H2,1-4H3. The Kier molecular flexibility index (Phi) is 3.96. The van der Waals surface area contributed by atoms with Crippen LogP contribution < -0.4 is 0 Å². The fourth-order valence-corrected chi connectivity index (χ4v) is 3.02. The van der Waals surface area contributed by atoms with Gasteiger partial charge in [0.2, 0.25) is 0 Å². The molecule has 0 spiro atoms. The van der Waals surface area contributed by atoms with Gasteiger partial charge < -0.3 is 5.11 Å². The number of benzene rings is 1. The third-order valence-corrected chi connectivity index (χ3v) is 4.44. The van der Waals surface area contributed by atoms with Crippen molar-refractivity contribution in [1.82, 2.24) is 4.90 Å². The van der Waals surface area contributed by atoms with Crippen LogP contribution in [-0.4, -0.2) is 22.6 Å². The van der Waals surface area contributed by atoms with Crippen molar-refractivity contribution in [3.8, 4) is 5.75 Å². The van der Waals surface area contributed by atoms with Crippen molar-refractivity contribution in [2.24, 2.45) is 5.92 Å². The highest BCUT2D eigenvalue weighted by Crippen LogP contribution is 2.27. The third kappa shape index (κ3) is 2.69. The Morgan fingerprint density at radius 3 is 2.44 bits per heavy atom. The predicted molar refractivity (Wildman–Crippen MR) is 75.9 cm³/mol. The van der Waals surface area contributed by atoms with Crippen LogP contribution in [0.25, 0.3) is 0 Å². The number of rotatable bonds is 2. The van der Waals surface area contributed by atoms with Crippen molar-refractivity contribution in [1.29, 1.82) is 0 Å². The average molecular weight is 247 g/mol. The van der Waals surface area contributed by atoms with Crippen LogP contribution in [0, 0.1) is 19.8 Å². The lowest BCUT2D eigenvalue weighted by Crippen LogP contribution is -2.41. The maximum Gasteiger partial charge on any atom is 0.121 e. The van der Waals surface area contributed by atoms with Crippen LogP contribution in [0.2, 0.25) is 0 Å². The van der Waals surface area contributed by atoms with E-state index < -0.39 is 0 Å². The summed E-state index contributed by atoms with van der Waals surface area (Å²) in [4.78, 5) is 2.57. The summed E-state index contributed by atoms with van der Waals surface area (Å²) in [7, 11) is 0. The highest BCUT2D eigenvalue weighted by atomic mass is 16.3. The lowest BCUT2D eigenvalue weighted by atomic mass is 9.91. The molecule has 1 aliphatic rings. The smallest absolute Gasteiger partial charge is 0.121 e. The fourth-order valence-electron chi connectivity index (χ4n) is 3.02. The molecule has 1 aliphatic heterocycles. The molecule has 2 atom stereocenters. The normalized spacial score (nSPS) is 25.3. The van der Waals surface area contributed by atoms with Gasteiger partial charge in [0.15, 0.2) is 0 Å². The van der Waals surface area contributed by atoms with Gasteiger partial charge in [0.1, 0.15) is 5.75 Å². The number of aromatic hydroxyl groups is 1. The first-order valence-electron chi connectivity index (χ1n) is 7.02. The van der Waals surface area contributed by atoms with Crippen molar-refractivity contribution >= 4 is 0 Å². The minimum Gasteiger partial charge on any atom is -0.507 e. The van der Waals surface area contributed by atoms with Crippen molar-refractivity contribution < 1.29 is 5.11 Å². The Labute approximate surface area is 111 Å². The number of aryl methyl sites for hydroxylation is 2. The number of piperidine rings is 1. The van der Waals surface area contributed by atoms with E-state index in [0.29, 0.717) is 11.8 Å². The zero-order valence-corrected chi connectivity index (χ0v) is 12.0. The number of nitrogens with zero attached hydrogens (tertiary/aromatic N) is 1. The molecule has 100 valence electrons. The van der Waals surface area contributed by atoms with E-state index in [4.69, 9.17) is 0 Å². The van der Waals surface area contributed by atoms with Crippen molar-refractivity contribution in [2.75, 3.05) is 6.54 Å². The first-order valence-corrected chi connectivity index (χ1v) is 7.02. The maximum atomic E-state index is 9.82. The number of hydrogen-bond donors (Lipinski definition) is 1. The Morgan fingerprint density at radius 2 is 1.83 bits per heavy atom. The molecule has 0 bridgehead atoms. The molecule has 0 amide bonds. The zero-order chi connectivity index (χ0) is 13.3. The SMILES string of the molecule is Cc1cc(CN2CCCC(C)C2C)cc(C)c1O. The van der Waals surface area contributed by atoms with Gasteiger partial charge in [-0.25, -0.2) is 0 Å². The van der Waals surface area contributed by atoms with Crippen LogP contribution in [0.4, 0.5) is 0 Å². The largest absolute Gasteiger partial charge is 0.507 e. The molecule has 0 aliphatic carbocycles. The van der Waals surface area contributed by atoms with Gasteiger partial charge >= 0.3 is 0 Å². The first-order chi connectivity index (χ1) is 8.49. The van der Waals surface area contributed by atoms with Crippen molar-refractivity contribution in [3.63, 3.8) is 0 Å². The van der Waals surface area contributed by atoms with Crippen LogP contribution in [0.1, 0.15) is 43.4 Å². The van der Waals surface area contributed by atoms with Crippen molar-refractivity contribution in [3.05, 3.63) is 28.8 Å². The molecular formula is C16H25NO. The minimum absolute atomic E-state index is 0.443. The molecule has 2 nitrogen and oxygen atoms in total. The average Bonchev–Trinajstić information content (AvgIpc) is 2.32. The summed E-state index contributed by atoms with van der Waals surface area (Å²) < 4.78 is 0. The lowest BCUT2D eigenvalue weighted by Gasteiger charge is -2.38. The molecule has 1 N–H and O–H groups in total. The Hall–Kier alpha value is -1.02. The Bertz CT molecular complexity index is 404. The summed E-state index contributed by atoms with van der Waals surface area (Å²) >= 11 is 0. The molecule has 0 saturated carbocycles. The van der Waals surface area contributed by atoms with E-state index in [9.17, 15) is 5.11 Å². The zero-order valence-electron chi connectivity index (χ0n) is 12.0. The van der Waals surface area contributed by atoms with E-state index in [1.807, 2.05) is 13.8 Å². The molecule has 1 aromatic rings.